The summed E-state index contributed by atoms with van der Waals surface area (Å²) in [4.78, 5) is 32.0. The number of nitrogens with one attached hydrogen (secondary N) is 2. The minimum atomic E-state index is -1.06. The van der Waals surface area contributed by atoms with Gasteiger partial charge in [0, 0.05) is 28.9 Å². The number of piperidine rings is 1. The first kappa shape index (κ1) is 20.4. The molecule has 2 aliphatic rings. The van der Waals surface area contributed by atoms with E-state index in [0.717, 1.165) is 25.1 Å². The standard InChI is InChI=1S/C21H19ClF2N4O2/c22-14-4-2-13(3-5-14)19-20(30)28(21(27-19)8-1-9-25-12-21)11-18(29)26-15-6-7-16(23)17(24)10-15/h2-7,10,25H,1,8-9,11-12H2,(H,26,29). The van der Waals surface area contributed by atoms with Crippen molar-refractivity contribution in [1.82, 2.24) is 10.2 Å². The maximum Gasteiger partial charge on any atom is 0.275 e. The predicted octanol–water partition coefficient (Wildman–Crippen LogP) is 2.97. The molecule has 0 saturated carbocycles. The van der Waals surface area contributed by atoms with Crippen molar-refractivity contribution in [2.45, 2.75) is 18.5 Å². The van der Waals surface area contributed by atoms with Crippen LogP contribution >= 0.6 is 11.6 Å². The largest absolute Gasteiger partial charge is 0.324 e. The highest BCUT2D eigenvalue weighted by atomic mass is 35.5. The van der Waals surface area contributed by atoms with E-state index >= 15 is 0 Å². The molecular weight excluding hydrogens is 414 g/mol. The molecule has 1 unspecified atom stereocenters. The van der Waals surface area contributed by atoms with Crippen LogP contribution in [0.15, 0.2) is 47.5 Å². The van der Waals surface area contributed by atoms with Crippen molar-refractivity contribution in [2.24, 2.45) is 4.99 Å². The average molecular weight is 433 g/mol. The highest BCUT2D eigenvalue weighted by Crippen LogP contribution is 2.33. The number of amides is 2. The number of carbonyl (C=O) groups excluding carboxylic acids is 2. The van der Waals surface area contributed by atoms with Gasteiger partial charge >= 0.3 is 0 Å². The van der Waals surface area contributed by atoms with Gasteiger partial charge in [-0.1, -0.05) is 23.7 Å². The van der Waals surface area contributed by atoms with Gasteiger partial charge < -0.3 is 15.5 Å². The van der Waals surface area contributed by atoms with E-state index in [0.29, 0.717) is 23.6 Å². The van der Waals surface area contributed by atoms with Gasteiger partial charge in [0.25, 0.3) is 5.91 Å². The second-order valence-corrected chi connectivity index (χ2v) is 7.73. The van der Waals surface area contributed by atoms with Gasteiger partial charge in [0.1, 0.15) is 17.9 Å². The normalized spacial score (nSPS) is 21.1. The van der Waals surface area contributed by atoms with E-state index in [1.807, 2.05) is 0 Å². The van der Waals surface area contributed by atoms with Gasteiger partial charge in [-0.3, -0.25) is 9.59 Å². The maximum absolute atomic E-state index is 13.4. The van der Waals surface area contributed by atoms with Crippen molar-refractivity contribution >= 4 is 34.8 Å². The van der Waals surface area contributed by atoms with Crippen molar-refractivity contribution in [2.75, 3.05) is 25.0 Å². The number of aliphatic imine (C=N–C) groups is 1. The van der Waals surface area contributed by atoms with E-state index in [2.05, 4.69) is 10.6 Å². The second-order valence-electron chi connectivity index (χ2n) is 7.30. The Kier molecular flexibility index (Phi) is 5.53. The Labute approximate surface area is 176 Å². The van der Waals surface area contributed by atoms with E-state index in [1.54, 1.807) is 24.3 Å². The first-order chi connectivity index (χ1) is 14.4. The molecule has 2 heterocycles. The highest BCUT2D eigenvalue weighted by Gasteiger charge is 2.48. The Bertz CT molecular complexity index is 1020. The third kappa shape index (κ3) is 3.93. The van der Waals surface area contributed by atoms with Crippen LogP contribution in [0.25, 0.3) is 0 Å². The van der Waals surface area contributed by atoms with Crippen molar-refractivity contribution in [3.05, 3.63) is 64.7 Å². The summed E-state index contributed by atoms with van der Waals surface area (Å²) in [5.41, 5.74) is 0.143. The average Bonchev–Trinajstić information content (AvgIpc) is 2.98. The molecule has 1 atom stereocenters. The molecule has 2 amide bonds. The number of anilines is 1. The van der Waals surface area contributed by atoms with Crippen LogP contribution in [-0.4, -0.2) is 47.7 Å². The molecule has 30 heavy (non-hydrogen) atoms. The molecule has 2 N–H and O–H groups in total. The van der Waals surface area contributed by atoms with E-state index < -0.39 is 23.2 Å². The third-order valence-corrected chi connectivity index (χ3v) is 5.48. The summed E-state index contributed by atoms with van der Waals surface area (Å²) >= 11 is 5.94. The lowest BCUT2D eigenvalue weighted by Crippen LogP contribution is -2.57. The second kappa shape index (κ2) is 8.12. The fourth-order valence-corrected chi connectivity index (χ4v) is 3.89. The lowest BCUT2D eigenvalue weighted by atomic mass is 9.99. The molecule has 1 fully saturated rings. The molecule has 0 radical (unpaired) electrons. The lowest BCUT2D eigenvalue weighted by molar-refractivity contribution is -0.133. The molecule has 156 valence electrons. The number of hydrogen-bond acceptors (Lipinski definition) is 4. The monoisotopic (exact) mass is 432 g/mol. The number of carbonyl (C=O) groups is 2. The molecule has 2 aromatic rings. The Morgan fingerprint density at radius 2 is 1.97 bits per heavy atom. The summed E-state index contributed by atoms with van der Waals surface area (Å²) in [5.74, 6) is -2.95. The molecule has 0 bridgehead atoms. The number of nitrogens with zero attached hydrogens (tertiary/aromatic N) is 2. The van der Waals surface area contributed by atoms with Crippen molar-refractivity contribution in [3.8, 4) is 0 Å². The highest BCUT2D eigenvalue weighted by molar-refractivity contribution is 6.47. The molecule has 9 heteroatoms. The zero-order valence-electron chi connectivity index (χ0n) is 15.9. The van der Waals surface area contributed by atoms with Crippen LogP contribution in [0.2, 0.25) is 5.02 Å². The van der Waals surface area contributed by atoms with Crippen LogP contribution in [0.4, 0.5) is 14.5 Å². The summed E-state index contributed by atoms with van der Waals surface area (Å²) in [6, 6.07) is 9.87. The van der Waals surface area contributed by atoms with Crippen LogP contribution in [0.1, 0.15) is 18.4 Å². The topological polar surface area (TPSA) is 73.8 Å². The van der Waals surface area contributed by atoms with Crippen molar-refractivity contribution < 1.29 is 18.4 Å². The molecule has 4 rings (SSSR count). The first-order valence-electron chi connectivity index (χ1n) is 9.51. The number of rotatable bonds is 4. The van der Waals surface area contributed by atoms with E-state index in [-0.39, 0.29) is 23.9 Å². The van der Waals surface area contributed by atoms with E-state index in [4.69, 9.17) is 16.6 Å². The van der Waals surface area contributed by atoms with Crippen LogP contribution in [0, 0.1) is 11.6 Å². The molecule has 2 aliphatic heterocycles. The van der Waals surface area contributed by atoms with Crippen LogP contribution < -0.4 is 10.6 Å². The van der Waals surface area contributed by atoms with Gasteiger partial charge in [0.15, 0.2) is 11.6 Å². The summed E-state index contributed by atoms with van der Waals surface area (Å²) in [6.45, 7) is 0.963. The number of halogens is 3. The summed E-state index contributed by atoms with van der Waals surface area (Å²) < 4.78 is 26.5. The lowest BCUT2D eigenvalue weighted by Gasteiger charge is -2.39. The Morgan fingerprint density at radius 3 is 2.63 bits per heavy atom. The van der Waals surface area contributed by atoms with E-state index in [9.17, 15) is 18.4 Å². The van der Waals surface area contributed by atoms with Crippen molar-refractivity contribution in [3.63, 3.8) is 0 Å². The predicted molar refractivity (Wildman–Crippen MR) is 110 cm³/mol. The smallest absolute Gasteiger partial charge is 0.275 e. The Hall–Kier alpha value is -2.84. The minimum Gasteiger partial charge on any atom is -0.324 e. The van der Waals surface area contributed by atoms with Gasteiger partial charge in [-0.15, -0.1) is 0 Å². The zero-order valence-corrected chi connectivity index (χ0v) is 16.7. The number of hydrogen-bond donors (Lipinski definition) is 2. The minimum absolute atomic E-state index is 0.111. The third-order valence-electron chi connectivity index (χ3n) is 5.23. The van der Waals surface area contributed by atoms with Gasteiger partial charge in [0.2, 0.25) is 5.91 Å². The molecule has 2 aromatic carbocycles. The summed E-state index contributed by atoms with van der Waals surface area (Å²) in [5, 5.41) is 6.30. The van der Waals surface area contributed by atoms with Gasteiger partial charge in [-0.2, -0.15) is 0 Å². The molecular formula is C21H19ClF2N4O2. The van der Waals surface area contributed by atoms with Gasteiger partial charge in [-0.05, 0) is 43.7 Å². The van der Waals surface area contributed by atoms with Crippen LogP contribution in [0.5, 0.6) is 0 Å². The summed E-state index contributed by atoms with van der Waals surface area (Å²) in [6.07, 6.45) is 1.41. The molecule has 1 saturated heterocycles. The van der Waals surface area contributed by atoms with Crippen LogP contribution in [-0.2, 0) is 9.59 Å². The Balaban J connectivity index is 1.57. The zero-order chi connectivity index (χ0) is 21.3. The molecule has 1 spiro atoms. The fourth-order valence-electron chi connectivity index (χ4n) is 3.77. The van der Waals surface area contributed by atoms with Gasteiger partial charge in [-0.25, -0.2) is 13.8 Å². The van der Waals surface area contributed by atoms with Crippen molar-refractivity contribution in [1.29, 1.82) is 0 Å². The summed E-state index contributed by atoms with van der Waals surface area (Å²) in [7, 11) is 0. The molecule has 0 aromatic heterocycles. The first-order valence-corrected chi connectivity index (χ1v) is 9.89. The molecule has 6 nitrogen and oxygen atoms in total. The molecule has 0 aliphatic carbocycles. The Morgan fingerprint density at radius 1 is 1.20 bits per heavy atom. The maximum atomic E-state index is 13.4. The van der Waals surface area contributed by atoms with Crippen LogP contribution in [0.3, 0.4) is 0 Å². The van der Waals surface area contributed by atoms with Gasteiger partial charge in [0.05, 0.1) is 0 Å². The SMILES string of the molecule is O=C(CN1C(=O)C(c2ccc(Cl)cc2)=NC12CCCNC2)Nc1ccc(F)c(F)c1. The fraction of sp³-hybridized carbons (Fsp3) is 0.286. The quantitative estimate of drug-likeness (QED) is 0.780. The number of benzene rings is 2. The van der Waals surface area contributed by atoms with E-state index in [1.165, 1.54) is 11.0 Å².